The Bertz CT molecular complexity index is 971. The van der Waals surface area contributed by atoms with E-state index in [1.54, 1.807) is 30.3 Å². The topological polar surface area (TPSA) is 88.1 Å². The Hall–Kier alpha value is -3.61. The molecule has 2 aromatic rings. The highest BCUT2D eigenvalue weighted by molar-refractivity contribution is 5.75. The third kappa shape index (κ3) is 4.56. The van der Waals surface area contributed by atoms with Crippen LogP contribution in [0, 0.1) is 0 Å². The summed E-state index contributed by atoms with van der Waals surface area (Å²) >= 11 is 0. The molecule has 28 heavy (non-hydrogen) atoms. The van der Waals surface area contributed by atoms with Crippen LogP contribution in [0.1, 0.15) is 31.9 Å². The van der Waals surface area contributed by atoms with E-state index in [0.29, 0.717) is 29.2 Å². The molecule has 7 nitrogen and oxygen atoms in total. The first kappa shape index (κ1) is 19.2. The number of allylic oxidation sites excluding steroid dienone is 1. The van der Waals surface area contributed by atoms with Gasteiger partial charge in [-0.1, -0.05) is 0 Å². The van der Waals surface area contributed by atoms with Crippen molar-refractivity contribution in [2.75, 3.05) is 0 Å². The summed E-state index contributed by atoms with van der Waals surface area (Å²) in [4.78, 5) is 33.7. The predicted molar refractivity (Wildman–Crippen MR) is 99.1 cm³/mol. The predicted octanol–water partition coefficient (Wildman–Crippen LogP) is 3.44. The second-order valence-corrected chi connectivity index (χ2v) is 6.08. The molecule has 0 unspecified atom stereocenters. The van der Waals surface area contributed by atoms with Crippen LogP contribution >= 0.6 is 0 Å². The van der Waals surface area contributed by atoms with Crippen LogP contribution in [0.25, 0.3) is 5.76 Å². The summed E-state index contributed by atoms with van der Waals surface area (Å²) in [6.45, 7) is 3.90. The molecule has 0 N–H and O–H groups in total. The highest BCUT2D eigenvalue weighted by Crippen LogP contribution is 2.40. The van der Waals surface area contributed by atoms with Crippen molar-refractivity contribution in [2.45, 2.75) is 27.2 Å². The number of fused-ring (bicyclic) bond motifs is 1. The standard InChI is InChI=1S/C21H18O7/c1-12(22)25-16-6-4-15(5-7-16)19-9-8-18-20(27-14(3)24)10-17(26-13(2)23)11-21(18)28-19/h4-7,9-11H,8H2,1-3H3. The van der Waals surface area contributed by atoms with Crippen LogP contribution in [0.2, 0.25) is 0 Å². The number of hydrogen-bond donors (Lipinski definition) is 0. The summed E-state index contributed by atoms with van der Waals surface area (Å²) in [6, 6.07) is 9.91. The lowest BCUT2D eigenvalue weighted by atomic mass is 10.0. The molecule has 0 saturated carbocycles. The second-order valence-electron chi connectivity index (χ2n) is 6.08. The van der Waals surface area contributed by atoms with E-state index < -0.39 is 17.9 Å². The van der Waals surface area contributed by atoms with Gasteiger partial charge in [0.1, 0.15) is 28.8 Å². The minimum absolute atomic E-state index is 0.217. The summed E-state index contributed by atoms with van der Waals surface area (Å²) in [5.41, 5.74) is 1.44. The lowest BCUT2D eigenvalue weighted by molar-refractivity contribution is -0.133. The Morgan fingerprint density at radius 3 is 2.04 bits per heavy atom. The minimum atomic E-state index is -0.499. The molecule has 2 aromatic carbocycles. The zero-order valence-electron chi connectivity index (χ0n) is 15.6. The van der Waals surface area contributed by atoms with Gasteiger partial charge in [0.2, 0.25) is 0 Å². The largest absolute Gasteiger partial charge is 0.456 e. The Morgan fingerprint density at radius 2 is 1.43 bits per heavy atom. The van der Waals surface area contributed by atoms with E-state index in [1.165, 1.54) is 26.8 Å². The molecule has 0 saturated heterocycles. The normalized spacial score (nSPS) is 12.2. The van der Waals surface area contributed by atoms with Crippen LogP contribution in [0.3, 0.4) is 0 Å². The molecule has 1 heterocycles. The lowest BCUT2D eigenvalue weighted by Gasteiger charge is -2.21. The van der Waals surface area contributed by atoms with Gasteiger partial charge < -0.3 is 18.9 Å². The van der Waals surface area contributed by atoms with Gasteiger partial charge in [-0.25, -0.2) is 0 Å². The van der Waals surface area contributed by atoms with Gasteiger partial charge in [0.05, 0.1) is 0 Å². The number of carbonyl (C=O) groups excluding carboxylic acids is 3. The maximum atomic E-state index is 11.4. The number of carbonyl (C=O) groups is 3. The van der Waals surface area contributed by atoms with Crippen LogP contribution in [-0.2, 0) is 20.8 Å². The molecule has 0 spiro atoms. The fourth-order valence-electron chi connectivity index (χ4n) is 2.74. The first-order valence-corrected chi connectivity index (χ1v) is 8.52. The first-order valence-electron chi connectivity index (χ1n) is 8.52. The van der Waals surface area contributed by atoms with Crippen LogP contribution in [0.15, 0.2) is 42.5 Å². The molecule has 0 bridgehead atoms. The van der Waals surface area contributed by atoms with Gasteiger partial charge in [-0.2, -0.15) is 0 Å². The maximum Gasteiger partial charge on any atom is 0.308 e. The average Bonchev–Trinajstić information content (AvgIpc) is 2.60. The summed E-state index contributed by atoms with van der Waals surface area (Å²) < 4.78 is 21.3. The minimum Gasteiger partial charge on any atom is -0.456 e. The van der Waals surface area contributed by atoms with E-state index in [2.05, 4.69) is 0 Å². The van der Waals surface area contributed by atoms with Crippen LogP contribution in [0.4, 0.5) is 0 Å². The maximum absolute atomic E-state index is 11.4. The SMILES string of the molecule is CC(=O)Oc1ccc(C2=CCc3c(OC(C)=O)cc(OC(C)=O)cc3O2)cc1. The van der Waals surface area contributed by atoms with Gasteiger partial charge in [0, 0.05) is 50.5 Å². The molecule has 0 radical (unpaired) electrons. The van der Waals surface area contributed by atoms with Crippen molar-refractivity contribution in [3.63, 3.8) is 0 Å². The number of ether oxygens (including phenoxy) is 4. The van der Waals surface area contributed by atoms with Crippen LogP contribution < -0.4 is 18.9 Å². The second kappa shape index (κ2) is 7.96. The van der Waals surface area contributed by atoms with Crippen molar-refractivity contribution in [1.29, 1.82) is 0 Å². The molecule has 1 aliphatic heterocycles. The first-order chi connectivity index (χ1) is 13.3. The van der Waals surface area contributed by atoms with E-state index in [4.69, 9.17) is 18.9 Å². The Balaban J connectivity index is 1.90. The fourth-order valence-corrected chi connectivity index (χ4v) is 2.74. The Kier molecular flexibility index (Phi) is 5.44. The van der Waals surface area contributed by atoms with Crippen molar-refractivity contribution < 1.29 is 33.3 Å². The van der Waals surface area contributed by atoms with Crippen molar-refractivity contribution >= 4 is 23.7 Å². The molecule has 0 aliphatic carbocycles. The highest BCUT2D eigenvalue weighted by atomic mass is 16.6. The molecule has 0 amide bonds. The zero-order chi connectivity index (χ0) is 20.3. The Morgan fingerprint density at radius 1 is 0.821 bits per heavy atom. The fraction of sp³-hybridized carbons (Fsp3) is 0.190. The number of rotatable bonds is 4. The quantitative estimate of drug-likeness (QED) is 0.591. The van der Waals surface area contributed by atoms with Gasteiger partial charge in [-0.3, -0.25) is 14.4 Å². The van der Waals surface area contributed by atoms with Crippen molar-refractivity contribution in [3.05, 3.63) is 53.6 Å². The van der Waals surface area contributed by atoms with E-state index in [9.17, 15) is 14.4 Å². The Labute approximate surface area is 161 Å². The average molecular weight is 382 g/mol. The van der Waals surface area contributed by atoms with Gasteiger partial charge in [0.25, 0.3) is 0 Å². The van der Waals surface area contributed by atoms with Gasteiger partial charge in [0.15, 0.2) is 0 Å². The molecule has 1 aliphatic rings. The zero-order valence-corrected chi connectivity index (χ0v) is 15.6. The van der Waals surface area contributed by atoms with E-state index in [0.717, 1.165) is 5.56 Å². The molecule has 144 valence electrons. The summed E-state index contributed by atoms with van der Waals surface area (Å²) in [6.07, 6.45) is 2.31. The van der Waals surface area contributed by atoms with E-state index >= 15 is 0 Å². The van der Waals surface area contributed by atoms with E-state index in [-0.39, 0.29) is 11.5 Å². The van der Waals surface area contributed by atoms with Crippen molar-refractivity contribution in [2.24, 2.45) is 0 Å². The monoisotopic (exact) mass is 382 g/mol. The number of esters is 3. The van der Waals surface area contributed by atoms with Gasteiger partial charge in [-0.15, -0.1) is 0 Å². The molecule has 3 rings (SSSR count). The molecule has 0 atom stereocenters. The smallest absolute Gasteiger partial charge is 0.308 e. The molecule has 0 aromatic heterocycles. The summed E-state index contributed by atoms with van der Waals surface area (Å²) in [5.74, 6) is 0.551. The van der Waals surface area contributed by atoms with E-state index in [1.807, 2.05) is 6.08 Å². The number of benzene rings is 2. The van der Waals surface area contributed by atoms with Gasteiger partial charge >= 0.3 is 17.9 Å². The molecule has 7 heteroatoms. The lowest BCUT2D eigenvalue weighted by Crippen LogP contribution is -2.10. The molecular formula is C21H18O7. The molecular weight excluding hydrogens is 364 g/mol. The number of hydrogen-bond acceptors (Lipinski definition) is 7. The van der Waals surface area contributed by atoms with Crippen molar-refractivity contribution in [3.8, 4) is 23.0 Å². The van der Waals surface area contributed by atoms with Crippen LogP contribution in [0.5, 0.6) is 23.0 Å². The third-order valence-electron chi connectivity index (χ3n) is 3.77. The van der Waals surface area contributed by atoms with Crippen LogP contribution in [-0.4, -0.2) is 17.9 Å². The summed E-state index contributed by atoms with van der Waals surface area (Å²) in [5, 5.41) is 0. The van der Waals surface area contributed by atoms with Gasteiger partial charge in [-0.05, 0) is 30.3 Å². The highest BCUT2D eigenvalue weighted by Gasteiger charge is 2.21. The summed E-state index contributed by atoms with van der Waals surface area (Å²) in [7, 11) is 0. The third-order valence-corrected chi connectivity index (χ3v) is 3.77. The molecule has 0 fully saturated rings. The van der Waals surface area contributed by atoms with Crippen molar-refractivity contribution in [1.82, 2.24) is 0 Å².